The van der Waals surface area contributed by atoms with Crippen molar-refractivity contribution in [3.8, 4) is 5.75 Å². The fourth-order valence-electron chi connectivity index (χ4n) is 3.25. The number of carbonyl (C=O) groups is 3. The van der Waals surface area contributed by atoms with E-state index in [1.807, 2.05) is 37.3 Å². The molecule has 28 heavy (non-hydrogen) atoms. The second kappa shape index (κ2) is 8.56. The largest absolute Gasteiger partial charge is 0.482 e. The average molecular weight is 382 g/mol. The van der Waals surface area contributed by atoms with Crippen LogP contribution in [0.5, 0.6) is 5.75 Å². The second-order valence-corrected chi connectivity index (χ2v) is 6.73. The molecule has 1 heterocycles. The molecule has 2 aromatic carbocycles. The standard InChI is InChI=1S/C21H22N2O5/c1-14(15-6-3-2-4-7-15)23-12-16(10-19(23)24)21(27)22-17-8-5-9-18(11-17)28-13-20(25)26/h2-9,11,14,16H,10,12-13H2,1H3,(H,22,27)(H,25,26). The van der Waals surface area contributed by atoms with Crippen LogP contribution in [-0.4, -0.2) is 40.9 Å². The third-order valence-electron chi connectivity index (χ3n) is 4.74. The van der Waals surface area contributed by atoms with Gasteiger partial charge in [-0.05, 0) is 24.6 Å². The minimum Gasteiger partial charge on any atom is -0.482 e. The lowest BCUT2D eigenvalue weighted by atomic mass is 10.1. The van der Waals surface area contributed by atoms with Crippen molar-refractivity contribution in [3.63, 3.8) is 0 Å². The van der Waals surface area contributed by atoms with Crippen LogP contribution in [0.2, 0.25) is 0 Å². The highest BCUT2D eigenvalue weighted by atomic mass is 16.5. The van der Waals surface area contributed by atoms with E-state index in [4.69, 9.17) is 9.84 Å². The molecule has 0 aliphatic carbocycles. The fraction of sp³-hybridized carbons (Fsp3) is 0.286. The van der Waals surface area contributed by atoms with Gasteiger partial charge in [0.05, 0.1) is 12.0 Å². The molecule has 146 valence electrons. The van der Waals surface area contributed by atoms with Crippen molar-refractivity contribution < 1.29 is 24.2 Å². The number of carboxylic acids is 1. The summed E-state index contributed by atoms with van der Waals surface area (Å²) in [6.45, 7) is 1.85. The van der Waals surface area contributed by atoms with Crippen molar-refractivity contribution in [2.24, 2.45) is 5.92 Å². The summed E-state index contributed by atoms with van der Waals surface area (Å²) in [5, 5.41) is 11.5. The van der Waals surface area contributed by atoms with Gasteiger partial charge >= 0.3 is 5.97 Å². The van der Waals surface area contributed by atoms with Crippen LogP contribution in [0.3, 0.4) is 0 Å². The highest BCUT2D eigenvalue weighted by Crippen LogP contribution is 2.29. The van der Waals surface area contributed by atoms with E-state index in [1.54, 1.807) is 29.2 Å². The van der Waals surface area contributed by atoms with Gasteiger partial charge in [0.15, 0.2) is 6.61 Å². The zero-order chi connectivity index (χ0) is 20.1. The van der Waals surface area contributed by atoms with Gasteiger partial charge in [0.25, 0.3) is 0 Å². The molecule has 2 aromatic rings. The van der Waals surface area contributed by atoms with Gasteiger partial charge < -0.3 is 20.1 Å². The molecule has 7 nitrogen and oxygen atoms in total. The lowest BCUT2D eigenvalue weighted by molar-refractivity contribution is -0.139. The number of nitrogens with one attached hydrogen (secondary N) is 1. The van der Waals surface area contributed by atoms with Crippen molar-refractivity contribution in [1.82, 2.24) is 4.90 Å². The number of carbonyl (C=O) groups excluding carboxylic acids is 2. The number of ether oxygens (including phenoxy) is 1. The zero-order valence-corrected chi connectivity index (χ0v) is 15.5. The van der Waals surface area contributed by atoms with E-state index < -0.39 is 18.5 Å². The maximum absolute atomic E-state index is 12.6. The van der Waals surface area contributed by atoms with E-state index in [9.17, 15) is 14.4 Å². The smallest absolute Gasteiger partial charge is 0.341 e. The molecule has 0 radical (unpaired) electrons. The maximum atomic E-state index is 12.6. The minimum atomic E-state index is -1.08. The summed E-state index contributed by atoms with van der Waals surface area (Å²) in [4.78, 5) is 37.4. The van der Waals surface area contributed by atoms with Gasteiger partial charge in [-0.1, -0.05) is 36.4 Å². The van der Waals surface area contributed by atoms with Crippen LogP contribution in [-0.2, 0) is 14.4 Å². The Hall–Kier alpha value is -3.35. The first-order chi connectivity index (χ1) is 13.4. The first-order valence-corrected chi connectivity index (χ1v) is 9.04. The van der Waals surface area contributed by atoms with Crippen LogP contribution in [0.25, 0.3) is 0 Å². The number of likely N-dealkylation sites (tertiary alicyclic amines) is 1. The van der Waals surface area contributed by atoms with Gasteiger partial charge in [0, 0.05) is 24.7 Å². The molecule has 7 heteroatoms. The van der Waals surface area contributed by atoms with Crippen molar-refractivity contribution in [2.75, 3.05) is 18.5 Å². The van der Waals surface area contributed by atoms with E-state index in [1.165, 1.54) is 0 Å². The van der Waals surface area contributed by atoms with Crippen LogP contribution in [0.1, 0.15) is 24.9 Å². The quantitative estimate of drug-likeness (QED) is 0.768. The predicted octanol–water partition coefficient (Wildman–Crippen LogP) is 2.70. The molecule has 0 bridgehead atoms. The summed E-state index contributed by atoms with van der Waals surface area (Å²) in [6.07, 6.45) is 0.165. The summed E-state index contributed by atoms with van der Waals surface area (Å²) in [5.74, 6) is -1.46. The topological polar surface area (TPSA) is 95.9 Å². The molecule has 2 atom stereocenters. The van der Waals surface area contributed by atoms with E-state index in [0.29, 0.717) is 18.0 Å². The van der Waals surface area contributed by atoms with Gasteiger partial charge in [-0.15, -0.1) is 0 Å². The van der Waals surface area contributed by atoms with Gasteiger partial charge in [0.1, 0.15) is 5.75 Å². The third kappa shape index (κ3) is 4.68. The first kappa shape index (κ1) is 19.4. The van der Waals surface area contributed by atoms with Crippen LogP contribution in [0, 0.1) is 5.92 Å². The summed E-state index contributed by atoms with van der Waals surface area (Å²) < 4.78 is 5.12. The summed E-state index contributed by atoms with van der Waals surface area (Å²) in [6, 6.07) is 16.1. The number of rotatable bonds is 7. The van der Waals surface area contributed by atoms with E-state index in [0.717, 1.165) is 5.56 Å². The molecule has 1 aliphatic rings. The second-order valence-electron chi connectivity index (χ2n) is 6.73. The summed E-state index contributed by atoms with van der Waals surface area (Å²) >= 11 is 0. The van der Waals surface area contributed by atoms with Crippen molar-refractivity contribution in [2.45, 2.75) is 19.4 Å². The molecular weight excluding hydrogens is 360 g/mol. The number of hydrogen-bond donors (Lipinski definition) is 2. The normalized spacial score (nSPS) is 17.2. The van der Waals surface area contributed by atoms with E-state index in [-0.39, 0.29) is 24.3 Å². The molecule has 2 amide bonds. The number of anilines is 1. The predicted molar refractivity (Wildman–Crippen MR) is 103 cm³/mol. The van der Waals surface area contributed by atoms with E-state index in [2.05, 4.69) is 5.32 Å². The molecule has 1 saturated heterocycles. The van der Waals surface area contributed by atoms with Gasteiger partial charge in [0.2, 0.25) is 11.8 Å². The van der Waals surface area contributed by atoms with Gasteiger partial charge in [-0.25, -0.2) is 4.79 Å². The monoisotopic (exact) mass is 382 g/mol. The van der Waals surface area contributed by atoms with Crippen molar-refractivity contribution >= 4 is 23.5 Å². The van der Waals surface area contributed by atoms with Gasteiger partial charge in [-0.2, -0.15) is 0 Å². The molecule has 2 N–H and O–H groups in total. The number of benzene rings is 2. The molecule has 3 rings (SSSR count). The summed E-state index contributed by atoms with van der Waals surface area (Å²) in [7, 11) is 0. The Labute approximate surface area is 162 Å². The fourth-order valence-corrected chi connectivity index (χ4v) is 3.25. The number of hydrogen-bond acceptors (Lipinski definition) is 4. The lowest BCUT2D eigenvalue weighted by Gasteiger charge is -2.25. The molecule has 1 aliphatic heterocycles. The molecule has 0 aromatic heterocycles. The van der Waals surface area contributed by atoms with Crippen LogP contribution >= 0.6 is 0 Å². The molecule has 1 fully saturated rings. The minimum absolute atomic E-state index is 0.0463. The lowest BCUT2D eigenvalue weighted by Crippen LogP contribution is -2.30. The van der Waals surface area contributed by atoms with Crippen LogP contribution in [0.15, 0.2) is 54.6 Å². The molecule has 2 unspecified atom stereocenters. The Morgan fingerprint density at radius 3 is 2.68 bits per heavy atom. The van der Waals surface area contributed by atoms with E-state index >= 15 is 0 Å². The number of nitrogens with zero attached hydrogens (tertiary/aromatic N) is 1. The maximum Gasteiger partial charge on any atom is 0.341 e. The number of amides is 2. The Morgan fingerprint density at radius 1 is 1.21 bits per heavy atom. The zero-order valence-electron chi connectivity index (χ0n) is 15.5. The Balaban J connectivity index is 1.62. The Kier molecular flexibility index (Phi) is 5.93. The first-order valence-electron chi connectivity index (χ1n) is 9.04. The Morgan fingerprint density at radius 2 is 1.96 bits per heavy atom. The summed E-state index contributed by atoms with van der Waals surface area (Å²) in [5.41, 5.74) is 1.52. The highest BCUT2D eigenvalue weighted by Gasteiger charge is 2.37. The molecular formula is C21H22N2O5. The van der Waals surface area contributed by atoms with Gasteiger partial charge in [-0.3, -0.25) is 9.59 Å². The molecule has 0 spiro atoms. The average Bonchev–Trinajstić information content (AvgIpc) is 3.08. The number of carboxylic acid groups (broad SMARTS) is 1. The van der Waals surface area contributed by atoms with Crippen LogP contribution < -0.4 is 10.1 Å². The highest BCUT2D eigenvalue weighted by molar-refractivity contribution is 5.97. The Bertz CT molecular complexity index is 868. The molecule has 0 saturated carbocycles. The van der Waals surface area contributed by atoms with Crippen molar-refractivity contribution in [3.05, 3.63) is 60.2 Å². The van der Waals surface area contributed by atoms with Crippen molar-refractivity contribution in [1.29, 1.82) is 0 Å². The SMILES string of the molecule is CC(c1ccccc1)N1CC(C(=O)Nc2cccc(OCC(=O)O)c2)CC1=O. The van der Waals surface area contributed by atoms with Crippen LogP contribution in [0.4, 0.5) is 5.69 Å². The third-order valence-corrected chi connectivity index (χ3v) is 4.74. The number of aliphatic carboxylic acids is 1.